The highest BCUT2D eigenvalue weighted by Crippen LogP contribution is 2.47. The first-order valence-electron chi connectivity index (χ1n) is 11.7. The molecule has 180 valence electrons. The molecule has 2 saturated heterocycles. The summed E-state index contributed by atoms with van der Waals surface area (Å²) in [5.41, 5.74) is -0.883. The molecule has 2 aliphatic heterocycles. The molecule has 1 aromatic carbocycles. The zero-order valence-corrected chi connectivity index (χ0v) is 19.0. The maximum absolute atomic E-state index is 13.5. The van der Waals surface area contributed by atoms with Gasteiger partial charge in [-0.25, -0.2) is 4.79 Å². The Balaban J connectivity index is 1.53. The first kappa shape index (κ1) is 23.7. The summed E-state index contributed by atoms with van der Waals surface area (Å²) in [6.45, 7) is 6.26. The van der Waals surface area contributed by atoms with Gasteiger partial charge in [0, 0.05) is 50.9 Å². The zero-order valence-electron chi connectivity index (χ0n) is 19.0. The Hall–Kier alpha value is -2.47. The molecule has 2 heterocycles. The lowest BCUT2D eigenvalue weighted by molar-refractivity contribution is -0.137. The molecule has 1 N–H and O–H groups in total. The molecular formula is C24H31F3N4O2. The van der Waals surface area contributed by atoms with Crippen LogP contribution < -0.4 is 10.2 Å². The number of anilines is 1. The van der Waals surface area contributed by atoms with Gasteiger partial charge in [0.25, 0.3) is 0 Å². The van der Waals surface area contributed by atoms with E-state index in [1.807, 2.05) is 16.7 Å². The van der Waals surface area contributed by atoms with Crippen LogP contribution >= 0.6 is 0 Å². The third-order valence-electron chi connectivity index (χ3n) is 7.35. The lowest BCUT2D eigenvalue weighted by Crippen LogP contribution is -2.50. The topological polar surface area (TPSA) is 68.6 Å². The van der Waals surface area contributed by atoms with E-state index in [1.165, 1.54) is 18.9 Å². The SMILES string of the molecule is CCNC(=O)N1CCC2(CC1)CN(c1ccc(C#N)c(C(F)(F)F)c1)CC2COCC1CC1. The zero-order chi connectivity index (χ0) is 23.6. The van der Waals surface area contributed by atoms with E-state index in [-0.39, 0.29) is 22.9 Å². The van der Waals surface area contributed by atoms with Crippen LogP contribution in [0.3, 0.4) is 0 Å². The second-order valence-corrected chi connectivity index (χ2v) is 9.58. The average Bonchev–Trinajstić information content (AvgIpc) is 3.55. The average molecular weight is 465 g/mol. The summed E-state index contributed by atoms with van der Waals surface area (Å²) in [6.07, 6.45) is -0.589. The van der Waals surface area contributed by atoms with E-state index in [0.29, 0.717) is 50.9 Å². The van der Waals surface area contributed by atoms with E-state index in [9.17, 15) is 18.0 Å². The van der Waals surface area contributed by atoms with Gasteiger partial charge in [0.05, 0.1) is 23.8 Å². The first-order valence-corrected chi connectivity index (χ1v) is 11.7. The number of hydrogen-bond donors (Lipinski definition) is 1. The largest absolute Gasteiger partial charge is 0.417 e. The van der Waals surface area contributed by atoms with Crippen LogP contribution in [0.5, 0.6) is 0 Å². The summed E-state index contributed by atoms with van der Waals surface area (Å²) in [5.74, 6) is 0.823. The Morgan fingerprint density at radius 2 is 2.00 bits per heavy atom. The molecule has 6 nitrogen and oxygen atoms in total. The molecule has 0 bridgehead atoms. The van der Waals surface area contributed by atoms with E-state index in [0.717, 1.165) is 25.5 Å². The van der Waals surface area contributed by atoms with Gasteiger partial charge in [-0.1, -0.05) is 0 Å². The number of alkyl halides is 3. The molecule has 1 atom stereocenters. The number of urea groups is 1. The summed E-state index contributed by atoms with van der Waals surface area (Å²) in [6, 6.07) is 5.56. The van der Waals surface area contributed by atoms with E-state index in [2.05, 4.69) is 5.32 Å². The Morgan fingerprint density at radius 3 is 2.61 bits per heavy atom. The van der Waals surface area contributed by atoms with Crippen LogP contribution in [0.1, 0.15) is 43.7 Å². The van der Waals surface area contributed by atoms with Gasteiger partial charge < -0.3 is 19.9 Å². The minimum absolute atomic E-state index is 0.0642. The van der Waals surface area contributed by atoms with Crippen molar-refractivity contribution < 1.29 is 22.7 Å². The van der Waals surface area contributed by atoms with Crippen molar-refractivity contribution in [2.75, 3.05) is 50.8 Å². The normalized spacial score (nSPS) is 22.5. The smallest absolute Gasteiger partial charge is 0.381 e. The number of rotatable bonds is 6. The van der Waals surface area contributed by atoms with Crippen LogP contribution in [0.2, 0.25) is 0 Å². The molecule has 33 heavy (non-hydrogen) atoms. The van der Waals surface area contributed by atoms with E-state index in [4.69, 9.17) is 10.00 Å². The Bertz CT molecular complexity index is 902. The molecule has 1 aromatic rings. The first-order chi connectivity index (χ1) is 15.8. The number of nitriles is 1. The van der Waals surface area contributed by atoms with Gasteiger partial charge in [0.15, 0.2) is 0 Å². The van der Waals surface area contributed by atoms with Gasteiger partial charge in [-0.05, 0) is 62.1 Å². The fourth-order valence-corrected chi connectivity index (χ4v) is 5.17. The number of amides is 2. The number of benzene rings is 1. The van der Waals surface area contributed by atoms with Crippen LogP contribution in [0, 0.1) is 28.6 Å². The third-order valence-corrected chi connectivity index (χ3v) is 7.35. The van der Waals surface area contributed by atoms with Gasteiger partial charge in [0.1, 0.15) is 0 Å². The van der Waals surface area contributed by atoms with Crippen LogP contribution in [0.4, 0.5) is 23.7 Å². The van der Waals surface area contributed by atoms with Crippen molar-refractivity contribution >= 4 is 11.7 Å². The van der Waals surface area contributed by atoms with Crippen LogP contribution in [-0.2, 0) is 10.9 Å². The number of halogens is 3. The van der Waals surface area contributed by atoms with Crippen molar-refractivity contribution in [1.29, 1.82) is 5.26 Å². The highest BCUT2D eigenvalue weighted by Gasteiger charge is 2.49. The molecule has 1 unspecified atom stereocenters. The molecule has 2 amide bonds. The third kappa shape index (κ3) is 5.21. The summed E-state index contributed by atoms with van der Waals surface area (Å²) in [4.78, 5) is 16.1. The number of likely N-dealkylation sites (tertiary alicyclic amines) is 1. The number of carbonyl (C=O) groups is 1. The van der Waals surface area contributed by atoms with Crippen molar-refractivity contribution in [2.24, 2.45) is 17.3 Å². The van der Waals surface area contributed by atoms with Crippen molar-refractivity contribution in [1.82, 2.24) is 10.2 Å². The predicted octanol–water partition coefficient (Wildman–Crippen LogP) is 4.25. The maximum Gasteiger partial charge on any atom is 0.417 e. The second-order valence-electron chi connectivity index (χ2n) is 9.58. The molecule has 0 radical (unpaired) electrons. The van der Waals surface area contributed by atoms with Crippen molar-refractivity contribution in [3.05, 3.63) is 29.3 Å². The van der Waals surface area contributed by atoms with E-state index >= 15 is 0 Å². The summed E-state index contributed by atoms with van der Waals surface area (Å²) in [5, 5.41) is 12.0. The monoisotopic (exact) mass is 464 g/mol. The fourth-order valence-electron chi connectivity index (χ4n) is 5.17. The Labute approximate surface area is 192 Å². The van der Waals surface area contributed by atoms with E-state index < -0.39 is 11.7 Å². The molecule has 0 aromatic heterocycles. The summed E-state index contributed by atoms with van der Waals surface area (Å²) < 4.78 is 46.6. The molecule has 1 spiro atoms. The molecular weight excluding hydrogens is 433 g/mol. The predicted molar refractivity (Wildman–Crippen MR) is 118 cm³/mol. The molecule has 1 saturated carbocycles. The van der Waals surface area contributed by atoms with E-state index in [1.54, 1.807) is 12.1 Å². The van der Waals surface area contributed by atoms with Crippen molar-refractivity contribution in [3.8, 4) is 6.07 Å². The Morgan fingerprint density at radius 1 is 1.27 bits per heavy atom. The van der Waals surface area contributed by atoms with Gasteiger partial charge in [-0.2, -0.15) is 18.4 Å². The lowest BCUT2D eigenvalue weighted by Gasteiger charge is -2.42. The molecule has 4 rings (SSSR count). The fraction of sp³-hybridized carbons (Fsp3) is 0.667. The minimum Gasteiger partial charge on any atom is -0.381 e. The van der Waals surface area contributed by atoms with Gasteiger partial charge in [-0.15, -0.1) is 0 Å². The number of nitrogens with zero attached hydrogens (tertiary/aromatic N) is 3. The maximum atomic E-state index is 13.5. The van der Waals surface area contributed by atoms with Gasteiger partial charge in [-0.3, -0.25) is 0 Å². The van der Waals surface area contributed by atoms with Crippen molar-refractivity contribution in [3.63, 3.8) is 0 Å². The van der Waals surface area contributed by atoms with Crippen LogP contribution in [0.15, 0.2) is 18.2 Å². The second kappa shape index (κ2) is 9.41. The number of ether oxygens (including phenoxy) is 1. The van der Waals surface area contributed by atoms with Crippen molar-refractivity contribution in [2.45, 2.75) is 38.8 Å². The summed E-state index contributed by atoms with van der Waals surface area (Å²) in [7, 11) is 0. The van der Waals surface area contributed by atoms with Gasteiger partial charge >= 0.3 is 12.2 Å². The van der Waals surface area contributed by atoms with Gasteiger partial charge in [0.2, 0.25) is 0 Å². The number of piperidine rings is 1. The summed E-state index contributed by atoms with van der Waals surface area (Å²) >= 11 is 0. The number of hydrogen-bond acceptors (Lipinski definition) is 4. The highest BCUT2D eigenvalue weighted by molar-refractivity contribution is 5.74. The molecule has 9 heteroatoms. The van der Waals surface area contributed by atoms with Crippen LogP contribution in [0.25, 0.3) is 0 Å². The standard InChI is InChI=1S/C24H31F3N4O2/c1-2-29-22(32)30-9-7-23(8-10-30)16-31(13-19(23)15-33-14-17-3-4-17)20-6-5-18(12-28)21(11-20)24(25,26)27/h5-6,11,17,19H,2-4,7-10,13-16H2,1H3,(H,29,32). The number of nitrogens with one attached hydrogen (secondary N) is 1. The Kier molecular flexibility index (Phi) is 6.76. The highest BCUT2D eigenvalue weighted by atomic mass is 19.4. The minimum atomic E-state index is -4.58. The quantitative estimate of drug-likeness (QED) is 0.684. The van der Waals surface area contributed by atoms with Crippen LogP contribution in [-0.4, -0.2) is 56.9 Å². The lowest BCUT2D eigenvalue weighted by atomic mass is 9.71. The molecule has 1 aliphatic carbocycles. The molecule has 3 aliphatic rings. The number of carbonyl (C=O) groups excluding carboxylic acids is 1. The molecule has 3 fully saturated rings.